The standard InChI is InChI=1S/C10H13N5OS/c11-10-14-8(6-17-10)5-9(16)13-2-4-15-3-1-12-7-15/h1,3,6-7H,2,4-5H2,(H2,11,14)(H,13,16). The Morgan fingerprint density at radius 2 is 2.47 bits per heavy atom. The van der Waals surface area contributed by atoms with E-state index in [1.165, 1.54) is 11.3 Å². The van der Waals surface area contributed by atoms with E-state index in [2.05, 4.69) is 15.3 Å². The van der Waals surface area contributed by atoms with Crippen molar-refractivity contribution >= 4 is 22.4 Å². The zero-order valence-electron chi connectivity index (χ0n) is 9.17. The Labute approximate surface area is 102 Å². The van der Waals surface area contributed by atoms with Crippen molar-refractivity contribution < 1.29 is 4.79 Å². The summed E-state index contributed by atoms with van der Waals surface area (Å²) in [6.45, 7) is 1.29. The molecule has 17 heavy (non-hydrogen) atoms. The molecule has 0 atom stereocenters. The van der Waals surface area contributed by atoms with Crippen LogP contribution in [0, 0.1) is 0 Å². The van der Waals surface area contributed by atoms with Gasteiger partial charge in [-0.25, -0.2) is 9.97 Å². The summed E-state index contributed by atoms with van der Waals surface area (Å²) >= 11 is 1.34. The number of hydrogen-bond acceptors (Lipinski definition) is 5. The lowest BCUT2D eigenvalue weighted by molar-refractivity contribution is -0.120. The summed E-state index contributed by atoms with van der Waals surface area (Å²) in [7, 11) is 0. The number of carbonyl (C=O) groups excluding carboxylic acids is 1. The third-order valence-electron chi connectivity index (χ3n) is 2.16. The minimum atomic E-state index is -0.0459. The molecule has 90 valence electrons. The highest BCUT2D eigenvalue weighted by atomic mass is 32.1. The van der Waals surface area contributed by atoms with Crippen LogP contribution in [0.2, 0.25) is 0 Å². The molecule has 2 aromatic rings. The first kappa shape index (κ1) is 11.6. The minimum Gasteiger partial charge on any atom is -0.375 e. The van der Waals surface area contributed by atoms with Gasteiger partial charge in [-0.15, -0.1) is 11.3 Å². The maximum Gasteiger partial charge on any atom is 0.226 e. The lowest BCUT2D eigenvalue weighted by atomic mass is 10.3. The number of amides is 1. The van der Waals surface area contributed by atoms with E-state index in [1.54, 1.807) is 17.9 Å². The molecule has 0 fully saturated rings. The molecule has 0 aliphatic carbocycles. The number of nitrogens with one attached hydrogen (secondary N) is 1. The minimum absolute atomic E-state index is 0.0459. The number of nitrogens with two attached hydrogens (primary N) is 1. The number of hydrogen-bond donors (Lipinski definition) is 2. The average Bonchev–Trinajstić information content (AvgIpc) is 2.90. The molecule has 2 aromatic heterocycles. The summed E-state index contributed by atoms with van der Waals surface area (Å²) in [5.41, 5.74) is 6.20. The Bertz CT molecular complexity index is 479. The first-order chi connectivity index (χ1) is 8.24. The van der Waals surface area contributed by atoms with Gasteiger partial charge >= 0.3 is 0 Å². The fourth-order valence-electron chi connectivity index (χ4n) is 1.37. The number of rotatable bonds is 5. The summed E-state index contributed by atoms with van der Waals surface area (Å²) in [5.74, 6) is -0.0459. The highest BCUT2D eigenvalue weighted by Gasteiger charge is 2.05. The van der Waals surface area contributed by atoms with Gasteiger partial charge in [-0.05, 0) is 0 Å². The molecule has 2 heterocycles. The van der Waals surface area contributed by atoms with E-state index in [4.69, 9.17) is 5.73 Å². The summed E-state index contributed by atoms with van der Waals surface area (Å²) in [4.78, 5) is 19.5. The summed E-state index contributed by atoms with van der Waals surface area (Å²) < 4.78 is 1.90. The van der Waals surface area contributed by atoms with Gasteiger partial charge in [0.2, 0.25) is 5.91 Å². The van der Waals surface area contributed by atoms with Crippen LogP contribution >= 0.6 is 11.3 Å². The average molecular weight is 251 g/mol. The largest absolute Gasteiger partial charge is 0.375 e. The Morgan fingerprint density at radius 3 is 3.12 bits per heavy atom. The Morgan fingerprint density at radius 1 is 1.59 bits per heavy atom. The van der Waals surface area contributed by atoms with Crippen LogP contribution in [-0.4, -0.2) is 27.0 Å². The van der Waals surface area contributed by atoms with E-state index >= 15 is 0 Å². The van der Waals surface area contributed by atoms with Crippen LogP contribution in [0.1, 0.15) is 5.69 Å². The van der Waals surface area contributed by atoms with Crippen molar-refractivity contribution in [1.82, 2.24) is 19.9 Å². The molecule has 2 rings (SSSR count). The van der Waals surface area contributed by atoms with E-state index in [-0.39, 0.29) is 12.3 Å². The Kier molecular flexibility index (Phi) is 3.71. The van der Waals surface area contributed by atoms with Crippen LogP contribution in [0.3, 0.4) is 0 Å². The van der Waals surface area contributed by atoms with Gasteiger partial charge in [-0.1, -0.05) is 0 Å². The molecule has 0 aliphatic heterocycles. The molecular formula is C10H13N5OS. The molecule has 0 saturated heterocycles. The van der Waals surface area contributed by atoms with Crippen LogP contribution in [0.5, 0.6) is 0 Å². The lowest BCUT2D eigenvalue weighted by Gasteiger charge is -2.04. The second-order valence-corrected chi connectivity index (χ2v) is 4.39. The van der Waals surface area contributed by atoms with Crippen molar-refractivity contribution in [1.29, 1.82) is 0 Å². The Balaban J connectivity index is 1.71. The van der Waals surface area contributed by atoms with E-state index in [0.29, 0.717) is 23.9 Å². The van der Waals surface area contributed by atoms with E-state index in [9.17, 15) is 4.79 Å². The molecular weight excluding hydrogens is 238 g/mol. The van der Waals surface area contributed by atoms with Gasteiger partial charge < -0.3 is 15.6 Å². The predicted octanol–water partition coefficient (Wildman–Crippen LogP) is 0.281. The van der Waals surface area contributed by atoms with Crippen molar-refractivity contribution in [2.24, 2.45) is 0 Å². The SMILES string of the molecule is Nc1nc(CC(=O)NCCn2ccnc2)cs1. The van der Waals surface area contributed by atoms with Crippen LogP contribution in [0.15, 0.2) is 24.1 Å². The van der Waals surface area contributed by atoms with Crippen LogP contribution in [-0.2, 0) is 17.8 Å². The van der Waals surface area contributed by atoms with E-state index in [1.807, 2.05) is 10.8 Å². The number of nitrogen functional groups attached to an aromatic ring is 1. The predicted molar refractivity (Wildman–Crippen MR) is 65.5 cm³/mol. The molecule has 0 bridgehead atoms. The number of nitrogens with zero attached hydrogens (tertiary/aromatic N) is 3. The quantitative estimate of drug-likeness (QED) is 0.799. The van der Waals surface area contributed by atoms with Crippen molar-refractivity contribution in [2.75, 3.05) is 12.3 Å². The fourth-order valence-corrected chi connectivity index (χ4v) is 1.94. The maximum atomic E-state index is 11.5. The molecule has 1 amide bonds. The number of imidazole rings is 1. The maximum absolute atomic E-state index is 11.5. The van der Waals surface area contributed by atoms with Crippen LogP contribution < -0.4 is 11.1 Å². The first-order valence-corrected chi connectivity index (χ1v) is 6.04. The first-order valence-electron chi connectivity index (χ1n) is 5.16. The summed E-state index contributed by atoms with van der Waals surface area (Å²) in [5, 5.41) is 5.10. The summed E-state index contributed by atoms with van der Waals surface area (Å²) in [6.07, 6.45) is 5.55. The topological polar surface area (TPSA) is 85.8 Å². The number of anilines is 1. The monoisotopic (exact) mass is 251 g/mol. The lowest BCUT2D eigenvalue weighted by Crippen LogP contribution is -2.28. The second-order valence-electron chi connectivity index (χ2n) is 3.50. The van der Waals surface area contributed by atoms with Crippen LogP contribution in [0.25, 0.3) is 0 Å². The molecule has 0 radical (unpaired) electrons. The molecule has 0 unspecified atom stereocenters. The van der Waals surface area contributed by atoms with Crippen molar-refractivity contribution in [2.45, 2.75) is 13.0 Å². The molecule has 0 aromatic carbocycles. The van der Waals surface area contributed by atoms with Gasteiger partial charge in [0.15, 0.2) is 5.13 Å². The third kappa shape index (κ3) is 3.56. The van der Waals surface area contributed by atoms with E-state index in [0.717, 1.165) is 0 Å². The molecule has 6 nitrogen and oxygen atoms in total. The van der Waals surface area contributed by atoms with Gasteiger partial charge in [-0.2, -0.15) is 0 Å². The van der Waals surface area contributed by atoms with Gasteiger partial charge in [0.1, 0.15) is 0 Å². The van der Waals surface area contributed by atoms with Gasteiger partial charge in [-0.3, -0.25) is 4.79 Å². The smallest absolute Gasteiger partial charge is 0.226 e. The van der Waals surface area contributed by atoms with Gasteiger partial charge in [0, 0.05) is 30.9 Å². The molecule has 0 saturated carbocycles. The highest BCUT2D eigenvalue weighted by molar-refractivity contribution is 7.13. The molecule has 7 heteroatoms. The number of carbonyl (C=O) groups is 1. The normalized spacial score (nSPS) is 10.4. The number of aromatic nitrogens is 3. The van der Waals surface area contributed by atoms with Gasteiger partial charge in [0.05, 0.1) is 18.4 Å². The van der Waals surface area contributed by atoms with Crippen molar-refractivity contribution in [3.63, 3.8) is 0 Å². The Hall–Kier alpha value is -1.89. The van der Waals surface area contributed by atoms with E-state index < -0.39 is 0 Å². The molecule has 3 N–H and O–H groups in total. The van der Waals surface area contributed by atoms with Crippen molar-refractivity contribution in [3.05, 3.63) is 29.8 Å². The zero-order chi connectivity index (χ0) is 12.1. The second kappa shape index (κ2) is 5.44. The fraction of sp³-hybridized carbons (Fsp3) is 0.300. The number of thiazole rings is 1. The van der Waals surface area contributed by atoms with Gasteiger partial charge in [0.25, 0.3) is 0 Å². The van der Waals surface area contributed by atoms with Crippen LogP contribution in [0.4, 0.5) is 5.13 Å². The molecule has 0 spiro atoms. The highest BCUT2D eigenvalue weighted by Crippen LogP contribution is 2.11. The summed E-state index contributed by atoms with van der Waals surface area (Å²) in [6, 6.07) is 0. The van der Waals surface area contributed by atoms with Crippen molar-refractivity contribution in [3.8, 4) is 0 Å². The molecule has 0 aliphatic rings. The third-order valence-corrected chi connectivity index (χ3v) is 2.89. The zero-order valence-corrected chi connectivity index (χ0v) is 9.98.